The SMILES string of the molecule is CCc1cc(=O)[nH]c(-c2ccc(NC(c3ccc(F)cc3)c3nccn3C)nc2)n1. The number of hydrogen-bond donors (Lipinski definition) is 2. The number of aromatic amines is 1. The normalized spacial score (nSPS) is 12.0. The molecule has 0 spiro atoms. The summed E-state index contributed by atoms with van der Waals surface area (Å²) >= 11 is 0. The largest absolute Gasteiger partial charge is 0.356 e. The summed E-state index contributed by atoms with van der Waals surface area (Å²) in [6.45, 7) is 1.95. The van der Waals surface area contributed by atoms with Crippen molar-refractivity contribution in [1.82, 2.24) is 24.5 Å². The number of pyridine rings is 1. The molecule has 4 aromatic rings. The molecule has 0 fully saturated rings. The van der Waals surface area contributed by atoms with Crippen LogP contribution >= 0.6 is 0 Å². The first-order chi connectivity index (χ1) is 14.5. The zero-order chi connectivity index (χ0) is 21.1. The van der Waals surface area contributed by atoms with Crippen LogP contribution in [-0.4, -0.2) is 24.5 Å². The van der Waals surface area contributed by atoms with Gasteiger partial charge in [-0.25, -0.2) is 19.3 Å². The summed E-state index contributed by atoms with van der Waals surface area (Å²) in [5.74, 6) is 1.58. The molecule has 2 N–H and O–H groups in total. The molecule has 0 saturated carbocycles. The van der Waals surface area contributed by atoms with E-state index >= 15 is 0 Å². The molecule has 0 aliphatic heterocycles. The molecule has 3 heterocycles. The Bertz CT molecular complexity index is 1200. The number of H-pyrrole nitrogens is 1. The van der Waals surface area contributed by atoms with Crippen molar-refractivity contribution in [2.24, 2.45) is 7.05 Å². The first-order valence-electron chi connectivity index (χ1n) is 9.59. The summed E-state index contributed by atoms with van der Waals surface area (Å²) in [7, 11) is 1.90. The topological polar surface area (TPSA) is 88.5 Å². The van der Waals surface area contributed by atoms with Crippen LogP contribution in [0.5, 0.6) is 0 Å². The number of hydrogen-bond acceptors (Lipinski definition) is 5. The van der Waals surface area contributed by atoms with Gasteiger partial charge in [-0.1, -0.05) is 19.1 Å². The quantitative estimate of drug-likeness (QED) is 0.514. The number of aromatic nitrogens is 5. The third-order valence-electron chi connectivity index (χ3n) is 4.81. The maximum atomic E-state index is 13.4. The third kappa shape index (κ3) is 4.12. The molecular weight excluding hydrogens is 383 g/mol. The van der Waals surface area contributed by atoms with Crippen molar-refractivity contribution in [3.63, 3.8) is 0 Å². The molecule has 30 heavy (non-hydrogen) atoms. The summed E-state index contributed by atoms with van der Waals surface area (Å²) < 4.78 is 15.3. The number of nitrogens with zero attached hydrogens (tertiary/aromatic N) is 4. The van der Waals surface area contributed by atoms with E-state index in [9.17, 15) is 9.18 Å². The number of rotatable bonds is 6. The second-order valence-electron chi connectivity index (χ2n) is 6.90. The maximum absolute atomic E-state index is 13.4. The van der Waals surface area contributed by atoms with Crippen molar-refractivity contribution >= 4 is 5.82 Å². The molecule has 3 aromatic heterocycles. The molecule has 8 heteroatoms. The van der Waals surface area contributed by atoms with Crippen LogP contribution < -0.4 is 10.9 Å². The Balaban J connectivity index is 1.64. The van der Waals surface area contributed by atoms with E-state index in [4.69, 9.17) is 0 Å². The number of imidazole rings is 1. The Labute approximate surface area is 172 Å². The molecule has 152 valence electrons. The molecule has 0 bridgehead atoms. The zero-order valence-corrected chi connectivity index (χ0v) is 16.6. The predicted molar refractivity (Wildman–Crippen MR) is 113 cm³/mol. The third-order valence-corrected chi connectivity index (χ3v) is 4.81. The van der Waals surface area contributed by atoms with Crippen LogP contribution in [0.2, 0.25) is 0 Å². The van der Waals surface area contributed by atoms with Gasteiger partial charge in [0.05, 0.1) is 0 Å². The van der Waals surface area contributed by atoms with Gasteiger partial charge in [0.2, 0.25) is 0 Å². The zero-order valence-electron chi connectivity index (χ0n) is 16.6. The highest BCUT2D eigenvalue weighted by Crippen LogP contribution is 2.25. The minimum atomic E-state index is -0.315. The van der Waals surface area contributed by atoms with Gasteiger partial charge >= 0.3 is 0 Å². The molecule has 1 unspecified atom stereocenters. The van der Waals surface area contributed by atoms with E-state index in [2.05, 4.69) is 25.3 Å². The molecule has 0 amide bonds. The van der Waals surface area contributed by atoms with E-state index in [1.54, 1.807) is 24.5 Å². The standard InChI is InChI=1S/C22H21FN6O/c1-3-17-12-19(30)28-21(26-17)15-6-9-18(25-13-15)27-20(22-24-10-11-29(22)2)14-4-7-16(23)8-5-14/h4-13,20H,3H2,1-2H3,(H,25,27)(H,26,28,30). The fourth-order valence-electron chi connectivity index (χ4n) is 3.20. The summed E-state index contributed by atoms with van der Waals surface area (Å²) in [6, 6.07) is 11.1. The van der Waals surface area contributed by atoms with Gasteiger partial charge in [-0.05, 0) is 36.2 Å². The van der Waals surface area contributed by atoms with Crippen LogP contribution in [0.15, 0.2) is 65.8 Å². The number of halogens is 1. The molecule has 1 aromatic carbocycles. The summed E-state index contributed by atoms with van der Waals surface area (Å²) in [4.78, 5) is 27.9. The molecule has 0 radical (unpaired) electrons. The van der Waals surface area contributed by atoms with Crippen LogP contribution in [0.25, 0.3) is 11.4 Å². The van der Waals surface area contributed by atoms with Crippen molar-refractivity contribution < 1.29 is 4.39 Å². The minimum Gasteiger partial charge on any atom is -0.356 e. The van der Waals surface area contributed by atoms with Crippen molar-refractivity contribution in [3.05, 3.63) is 94.3 Å². The summed E-state index contributed by atoms with van der Waals surface area (Å²) in [6.07, 6.45) is 5.90. The Kier molecular flexibility index (Phi) is 5.38. The Morgan fingerprint density at radius 2 is 1.97 bits per heavy atom. The molecule has 4 rings (SSSR count). The van der Waals surface area contributed by atoms with E-state index in [1.807, 2.05) is 36.9 Å². The van der Waals surface area contributed by atoms with Crippen LogP contribution in [0.1, 0.15) is 30.0 Å². The van der Waals surface area contributed by atoms with E-state index in [0.29, 0.717) is 23.6 Å². The molecule has 7 nitrogen and oxygen atoms in total. The van der Waals surface area contributed by atoms with Crippen LogP contribution in [0.4, 0.5) is 10.2 Å². The van der Waals surface area contributed by atoms with Crippen LogP contribution in [0.3, 0.4) is 0 Å². The highest BCUT2D eigenvalue weighted by molar-refractivity contribution is 5.56. The number of nitrogens with one attached hydrogen (secondary N) is 2. The van der Waals surface area contributed by atoms with Crippen molar-refractivity contribution in [3.8, 4) is 11.4 Å². The number of aryl methyl sites for hydroxylation is 2. The van der Waals surface area contributed by atoms with Gasteiger partial charge in [-0.3, -0.25) is 4.79 Å². The molecule has 0 aliphatic rings. The van der Waals surface area contributed by atoms with Gasteiger partial charge in [-0.2, -0.15) is 0 Å². The Hall–Kier alpha value is -3.81. The molecule has 0 aliphatic carbocycles. The van der Waals surface area contributed by atoms with E-state index < -0.39 is 0 Å². The van der Waals surface area contributed by atoms with Crippen LogP contribution in [0, 0.1) is 5.82 Å². The highest BCUT2D eigenvalue weighted by atomic mass is 19.1. The number of anilines is 1. The second kappa shape index (κ2) is 8.28. The lowest BCUT2D eigenvalue weighted by molar-refractivity contribution is 0.626. The maximum Gasteiger partial charge on any atom is 0.251 e. The highest BCUT2D eigenvalue weighted by Gasteiger charge is 2.19. The van der Waals surface area contributed by atoms with E-state index in [-0.39, 0.29) is 17.4 Å². The van der Waals surface area contributed by atoms with Crippen molar-refractivity contribution in [2.75, 3.05) is 5.32 Å². The first kappa shape index (κ1) is 19.5. The van der Waals surface area contributed by atoms with Crippen LogP contribution in [-0.2, 0) is 13.5 Å². The average molecular weight is 404 g/mol. The first-order valence-corrected chi connectivity index (χ1v) is 9.59. The van der Waals surface area contributed by atoms with Gasteiger partial charge < -0.3 is 14.9 Å². The lowest BCUT2D eigenvalue weighted by Gasteiger charge is -2.20. The lowest BCUT2D eigenvalue weighted by atomic mass is 10.1. The fourth-order valence-corrected chi connectivity index (χ4v) is 3.20. The Morgan fingerprint density at radius 3 is 2.60 bits per heavy atom. The molecule has 0 saturated heterocycles. The molecule has 1 atom stereocenters. The van der Waals surface area contributed by atoms with Crippen molar-refractivity contribution in [2.45, 2.75) is 19.4 Å². The lowest BCUT2D eigenvalue weighted by Crippen LogP contribution is -2.17. The monoisotopic (exact) mass is 404 g/mol. The minimum absolute atomic E-state index is 0.190. The smallest absolute Gasteiger partial charge is 0.251 e. The second-order valence-corrected chi connectivity index (χ2v) is 6.90. The van der Waals surface area contributed by atoms with Gasteiger partial charge in [0.25, 0.3) is 5.56 Å². The van der Waals surface area contributed by atoms with E-state index in [1.165, 1.54) is 18.2 Å². The summed E-state index contributed by atoms with van der Waals surface area (Å²) in [5, 5.41) is 3.36. The van der Waals surface area contributed by atoms with Crippen molar-refractivity contribution in [1.29, 1.82) is 0 Å². The number of benzene rings is 1. The Morgan fingerprint density at radius 1 is 1.17 bits per heavy atom. The van der Waals surface area contributed by atoms with Gasteiger partial charge in [0, 0.05) is 43.0 Å². The average Bonchev–Trinajstić information content (AvgIpc) is 3.18. The van der Waals surface area contributed by atoms with Gasteiger partial charge in [0.1, 0.15) is 29.3 Å². The summed E-state index contributed by atoms with van der Waals surface area (Å²) in [5.41, 5.74) is 2.11. The van der Waals surface area contributed by atoms with E-state index in [0.717, 1.165) is 17.1 Å². The van der Waals surface area contributed by atoms with Gasteiger partial charge in [0.15, 0.2) is 0 Å². The fraction of sp³-hybridized carbons (Fsp3) is 0.182. The predicted octanol–water partition coefficient (Wildman–Crippen LogP) is 3.47. The van der Waals surface area contributed by atoms with Gasteiger partial charge in [-0.15, -0.1) is 0 Å². The molecular formula is C22H21FN6O.